The second kappa shape index (κ2) is 6.63. The van der Waals surface area contributed by atoms with Crippen molar-refractivity contribution in [3.05, 3.63) is 71.3 Å². The maximum Gasteiger partial charge on any atom is 0.159 e. The van der Waals surface area contributed by atoms with Gasteiger partial charge in [-0.15, -0.1) is 0 Å². The molecule has 0 aromatic heterocycles. The smallest absolute Gasteiger partial charge is 0.159 e. The van der Waals surface area contributed by atoms with Crippen LogP contribution in [0.15, 0.2) is 42.5 Å². The van der Waals surface area contributed by atoms with Crippen molar-refractivity contribution < 1.29 is 17.6 Å². The number of rotatable bonds is 4. The van der Waals surface area contributed by atoms with Crippen molar-refractivity contribution in [1.29, 1.82) is 0 Å². The first-order valence-electron chi connectivity index (χ1n) is 7.86. The highest BCUT2D eigenvalue weighted by Gasteiger charge is 2.14. The van der Waals surface area contributed by atoms with Gasteiger partial charge in [0.25, 0.3) is 0 Å². The summed E-state index contributed by atoms with van der Waals surface area (Å²) in [7, 11) is 0. The molecule has 0 nitrogen and oxygen atoms in total. The van der Waals surface area contributed by atoms with E-state index in [-0.39, 0.29) is 5.56 Å². The topological polar surface area (TPSA) is 0 Å². The van der Waals surface area contributed by atoms with Gasteiger partial charge in [0, 0.05) is 0 Å². The van der Waals surface area contributed by atoms with Crippen LogP contribution in [0.25, 0.3) is 21.9 Å². The molecule has 4 heteroatoms. The van der Waals surface area contributed by atoms with E-state index in [2.05, 4.69) is 0 Å². The molecular weight excluding hydrogens is 316 g/mol. The van der Waals surface area contributed by atoms with E-state index in [4.69, 9.17) is 0 Å². The van der Waals surface area contributed by atoms with Crippen LogP contribution in [0.3, 0.4) is 0 Å². The molecule has 0 saturated carbocycles. The summed E-state index contributed by atoms with van der Waals surface area (Å²) in [6.07, 6.45) is 2.42. The molecule has 0 N–H and O–H groups in total. The van der Waals surface area contributed by atoms with Gasteiger partial charge in [0.05, 0.1) is 5.56 Å². The molecule has 0 bridgehead atoms. The van der Waals surface area contributed by atoms with Crippen LogP contribution >= 0.6 is 0 Å². The van der Waals surface area contributed by atoms with E-state index in [1.807, 2.05) is 6.92 Å². The van der Waals surface area contributed by atoms with E-state index in [1.54, 1.807) is 0 Å². The summed E-state index contributed by atoms with van der Waals surface area (Å²) in [5.41, 5.74) is 0.761. The van der Waals surface area contributed by atoms with Gasteiger partial charge in [0.2, 0.25) is 0 Å². The molecule has 0 aliphatic rings. The molecule has 0 atom stereocenters. The average Bonchev–Trinajstić information content (AvgIpc) is 2.53. The first kappa shape index (κ1) is 16.5. The zero-order valence-corrected chi connectivity index (χ0v) is 13.2. The lowest BCUT2D eigenvalue weighted by Gasteiger charge is -2.10. The Morgan fingerprint density at radius 2 is 1.33 bits per heavy atom. The summed E-state index contributed by atoms with van der Waals surface area (Å²) < 4.78 is 55.4. The van der Waals surface area contributed by atoms with Crippen molar-refractivity contribution in [3.63, 3.8) is 0 Å². The van der Waals surface area contributed by atoms with Crippen LogP contribution in [0.4, 0.5) is 17.6 Å². The van der Waals surface area contributed by atoms with Crippen molar-refractivity contribution in [1.82, 2.24) is 0 Å². The molecule has 0 amide bonds. The average molecular weight is 332 g/mol. The quantitative estimate of drug-likeness (QED) is 0.485. The number of aryl methyl sites for hydroxylation is 1. The zero-order valence-electron chi connectivity index (χ0n) is 13.2. The van der Waals surface area contributed by atoms with Crippen LogP contribution in [0.2, 0.25) is 0 Å². The van der Waals surface area contributed by atoms with Gasteiger partial charge >= 0.3 is 0 Å². The Bertz CT molecular complexity index is 877. The van der Waals surface area contributed by atoms with Gasteiger partial charge in [-0.3, -0.25) is 0 Å². The third-order valence-corrected chi connectivity index (χ3v) is 4.09. The number of fused-ring (bicyclic) bond motifs is 1. The second-order valence-corrected chi connectivity index (χ2v) is 5.87. The molecule has 0 saturated heterocycles. The molecule has 0 aliphatic heterocycles. The van der Waals surface area contributed by atoms with Gasteiger partial charge in [0.15, 0.2) is 11.6 Å². The number of hydrogen-bond donors (Lipinski definition) is 0. The lowest BCUT2D eigenvalue weighted by atomic mass is 9.97. The van der Waals surface area contributed by atoms with Crippen molar-refractivity contribution in [3.8, 4) is 11.1 Å². The fourth-order valence-electron chi connectivity index (χ4n) is 2.82. The number of benzene rings is 3. The van der Waals surface area contributed by atoms with Gasteiger partial charge in [-0.25, -0.2) is 17.6 Å². The monoisotopic (exact) mass is 332 g/mol. The maximum absolute atomic E-state index is 14.4. The number of unbranched alkanes of at least 4 members (excludes halogenated alkanes) is 1. The van der Waals surface area contributed by atoms with Crippen LogP contribution in [-0.4, -0.2) is 0 Å². The van der Waals surface area contributed by atoms with Crippen LogP contribution in [-0.2, 0) is 6.42 Å². The Balaban J connectivity index is 2.08. The Morgan fingerprint density at radius 1 is 0.708 bits per heavy atom. The molecule has 124 valence electrons. The Labute approximate surface area is 137 Å². The normalized spacial score (nSPS) is 11.2. The van der Waals surface area contributed by atoms with Gasteiger partial charge in [0.1, 0.15) is 11.6 Å². The Hall–Kier alpha value is -2.36. The van der Waals surface area contributed by atoms with Crippen LogP contribution < -0.4 is 0 Å². The van der Waals surface area contributed by atoms with Gasteiger partial charge in [-0.05, 0) is 65.1 Å². The first-order chi connectivity index (χ1) is 11.5. The van der Waals surface area contributed by atoms with Crippen LogP contribution in [0.5, 0.6) is 0 Å². The van der Waals surface area contributed by atoms with E-state index in [0.29, 0.717) is 28.3 Å². The minimum absolute atomic E-state index is 0.151. The lowest BCUT2D eigenvalue weighted by molar-refractivity contribution is 0.511. The lowest BCUT2D eigenvalue weighted by Crippen LogP contribution is -1.95. The maximum atomic E-state index is 14.4. The summed E-state index contributed by atoms with van der Waals surface area (Å²) in [4.78, 5) is 0. The van der Waals surface area contributed by atoms with Crippen molar-refractivity contribution in [2.45, 2.75) is 26.2 Å². The SMILES string of the molecule is CCCCc1cc(F)c(-c2ccc3cc(F)c(F)cc3c2)c(F)c1. The fourth-order valence-corrected chi connectivity index (χ4v) is 2.82. The molecule has 0 aliphatic carbocycles. The summed E-state index contributed by atoms with van der Waals surface area (Å²) in [6.45, 7) is 2.01. The molecule has 24 heavy (non-hydrogen) atoms. The van der Waals surface area contributed by atoms with Gasteiger partial charge < -0.3 is 0 Å². The van der Waals surface area contributed by atoms with E-state index in [0.717, 1.165) is 25.0 Å². The second-order valence-electron chi connectivity index (χ2n) is 5.87. The molecule has 0 heterocycles. The molecule has 0 fully saturated rings. The summed E-state index contributed by atoms with van der Waals surface area (Å²) in [5, 5.41) is 0.860. The number of halogens is 4. The summed E-state index contributed by atoms with van der Waals surface area (Å²) >= 11 is 0. The summed E-state index contributed by atoms with van der Waals surface area (Å²) in [5.74, 6) is -3.24. The van der Waals surface area contributed by atoms with Crippen molar-refractivity contribution in [2.75, 3.05) is 0 Å². The zero-order chi connectivity index (χ0) is 17.3. The highest BCUT2D eigenvalue weighted by atomic mass is 19.2. The van der Waals surface area contributed by atoms with Gasteiger partial charge in [-0.2, -0.15) is 0 Å². The molecule has 0 unspecified atom stereocenters. The van der Waals surface area contributed by atoms with Crippen molar-refractivity contribution in [2.24, 2.45) is 0 Å². The Kier molecular flexibility index (Phi) is 4.56. The van der Waals surface area contributed by atoms with Gasteiger partial charge in [-0.1, -0.05) is 25.5 Å². The molecule has 3 aromatic carbocycles. The van der Waals surface area contributed by atoms with E-state index in [9.17, 15) is 17.6 Å². The standard InChI is InChI=1S/C20H16F4/c1-2-3-4-12-7-18(23)20(19(24)8-12)14-6-5-13-10-16(21)17(22)11-15(13)9-14/h5-11H,2-4H2,1H3. The largest absolute Gasteiger partial charge is 0.206 e. The third kappa shape index (κ3) is 3.14. The number of hydrogen-bond acceptors (Lipinski definition) is 0. The highest BCUT2D eigenvalue weighted by molar-refractivity contribution is 5.87. The first-order valence-corrected chi connectivity index (χ1v) is 7.86. The third-order valence-electron chi connectivity index (χ3n) is 4.09. The molecule has 0 radical (unpaired) electrons. The molecular formula is C20H16F4. The van der Waals surface area contributed by atoms with Crippen molar-refractivity contribution >= 4 is 10.8 Å². The minimum Gasteiger partial charge on any atom is -0.206 e. The minimum atomic E-state index is -0.990. The summed E-state index contributed by atoms with van der Waals surface area (Å²) in [6, 6.07) is 9.26. The Morgan fingerprint density at radius 3 is 1.96 bits per heavy atom. The molecule has 3 aromatic rings. The fraction of sp³-hybridized carbons (Fsp3) is 0.200. The van der Waals surface area contributed by atoms with Crippen LogP contribution in [0.1, 0.15) is 25.3 Å². The molecule has 3 rings (SSSR count). The molecule has 0 spiro atoms. The van der Waals surface area contributed by atoms with Crippen LogP contribution in [0, 0.1) is 23.3 Å². The van der Waals surface area contributed by atoms with E-state index >= 15 is 0 Å². The predicted molar refractivity (Wildman–Crippen MR) is 87.8 cm³/mol. The van der Waals surface area contributed by atoms with E-state index < -0.39 is 23.3 Å². The van der Waals surface area contributed by atoms with E-state index in [1.165, 1.54) is 30.3 Å². The predicted octanol–water partition coefficient (Wildman–Crippen LogP) is 6.41. The highest BCUT2D eigenvalue weighted by Crippen LogP contribution is 2.31.